The molecule has 1 heterocycles. The second-order valence-electron chi connectivity index (χ2n) is 5.65. The number of carbonyl (C=O) groups is 2. The first-order valence-electron chi connectivity index (χ1n) is 7.07. The van der Waals surface area contributed by atoms with Crippen LogP contribution in [0.15, 0.2) is 24.3 Å². The molecule has 0 aromatic heterocycles. The Balaban J connectivity index is 2.07. The fourth-order valence-corrected chi connectivity index (χ4v) is 2.61. The van der Waals surface area contributed by atoms with E-state index in [2.05, 4.69) is 0 Å². The van der Waals surface area contributed by atoms with Gasteiger partial charge in [-0.15, -0.1) is 0 Å². The number of carbonyl (C=O) groups excluding carboxylic acids is 2. The normalized spacial score (nSPS) is 19.2. The fraction of sp³-hybridized carbons (Fsp3) is 0.500. The molecule has 4 heteroatoms. The van der Waals surface area contributed by atoms with Gasteiger partial charge in [-0.3, -0.25) is 9.59 Å². The molecule has 0 N–H and O–H groups in total. The van der Waals surface area contributed by atoms with Crippen LogP contribution in [0.2, 0.25) is 0 Å². The largest absolute Gasteiger partial charge is 0.342 e. The van der Waals surface area contributed by atoms with E-state index in [0.29, 0.717) is 12.1 Å². The Hall–Kier alpha value is -1.71. The fourth-order valence-electron chi connectivity index (χ4n) is 2.61. The molecule has 3 nitrogen and oxygen atoms in total. The third-order valence-corrected chi connectivity index (χ3v) is 3.73. The van der Waals surface area contributed by atoms with Gasteiger partial charge in [-0.05, 0) is 37.1 Å². The van der Waals surface area contributed by atoms with Crippen molar-refractivity contribution in [2.24, 2.45) is 11.8 Å². The van der Waals surface area contributed by atoms with E-state index >= 15 is 0 Å². The van der Waals surface area contributed by atoms with Crippen LogP contribution in [0.5, 0.6) is 0 Å². The lowest BCUT2D eigenvalue weighted by atomic mass is 9.89. The van der Waals surface area contributed by atoms with Gasteiger partial charge >= 0.3 is 0 Å². The topological polar surface area (TPSA) is 37.4 Å². The summed E-state index contributed by atoms with van der Waals surface area (Å²) in [5.74, 6) is -0.457. The number of hydrogen-bond acceptors (Lipinski definition) is 2. The van der Waals surface area contributed by atoms with E-state index in [-0.39, 0.29) is 29.3 Å². The number of likely N-dealkylation sites (tertiary alicyclic amines) is 1. The number of benzene rings is 1. The molecule has 0 spiro atoms. The van der Waals surface area contributed by atoms with Crippen LogP contribution in [-0.2, 0) is 4.79 Å². The van der Waals surface area contributed by atoms with E-state index in [1.807, 2.05) is 13.8 Å². The minimum absolute atomic E-state index is 0.00579. The summed E-state index contributed by atoms with van der Waals surface area (Å²) in [7, 11) is 0. The maximum Gasteiger partial charge on any atom is 0.225 e. The maximum absolute atomic E-state index is 12.9. The molecule has 1 amide bonds. The summed E-state index contributed by atoms with van der Waals surface area (Å²) < 4.78 is 12.9. The van der Waals surface area contributed by atoms with Crippen molar-refractivity contribution in [1.29, 1.82) is 0 Å². The van der Waals surface area contributed by atoms with Gasteiger partial charge in [-0.25, -0.2) is 4.39 Å². The average Bonchev–Trinajstić information content (AvgIpc) is 2.46. The molecule has 0 radical (unpaired) electrons. The van der Waals surface area contributed by atoms with E-state index < -0.39 is 0 Å². The number of halogens is 1. The van der Waals surface area contributed by atoms with Crippen molar-refractivity contribution in [1.82, 2.24) is 4.90 Å². The van der Waals surface area contributed by atoms with Gasteiger partial charge in [-0.1, -0.05) is 13.8 Å². The first kappa shape index (κ1) is 14.7. The molecular weight excluding hydrogens is 257 g/mol. The van der Waals surface area contributed by atoms with Crippen molar-refractivity contribution in [3.05, 3.63) is 35.6 Å². The highest BCUT2D eigenvalue weighted by Gasteiger charge is 2.29. The van der Waals surface area contributed by atoms with E-state index in [4.69, 9.17) is 0 Å². The van der Waals surface area contributed by atoms with Crippen LogP contribution in [0.25, 0.3) is 0 Å². The molecule has 1 aromatic rings. The third-order valence-electron chi connectivity index (χ3n) is 3.73. The molecule has 108 valence electrons. The summed E-state index contributed by atoms with van der Waals surface area (Å²) >= 11 is 0. The lowest BCUT2D eigenvalue weighted by Crippen LogP contribution is -2.44. The Bertz CT molecular complexity index is 496. The Morgan fingerprint density at radius 3 is 2.50 bits per heavy atom. The molecule has 2 rings (SSSR count). The molecule has 1 aliphatic rings. The first-order valence-corrected chi connectivity index (χ1v) is 7.07. The lowest BCUT2D eigenvalue weighted by Gasteiger charge is -2.33. The SMILES string of the molecule is CC(C)C(=O)N1CCCC(C(=O)c2ccc(F)cc2)C1. The summed E-state index contributed by atoms with van der Waals surface area (Å²) in [4.78, 5) is 26.2. The van der Waals surface area contributed by atoms with Crippen molar-refractivity contribution in [2.45, 2.75) is 26.7 Å². The van der Waals surface area contributed by atoms with E-state index in [1.54, 1.807) is 4.90 Å². The number of Topliss-reactive ketones (excluding diaryl/α,β-unsaturated/α-hetero) is 1. The number of ketones is 1. The van der Waals surface area contributed by atoms with Crippen LogP contribution in [0, 0.1) is 17.7 Å². The van der Waals surface area contributed by atoms with Gasteiger partial charge in [0.1, 0.15) is 5.82 Å². The molecule has 1 unspecified atom stereocenters. The standard InChI is InChI=1S/C16H20FNO2/c1-11(2)16(20)18-9-3-4-13(10-18)15(19)12-5-7-14(17)8-6-12/h5-8,11,13H,3-4,9-10H2,1-2H3. The molecule has 0 bridgehead atoms. The smallest absolute Gasteiger partial charge is 0.225 e. The van der Waals surface area contributed by atoms with Crippen LogP contribution in [-0.4, -0.2) is 29.7 Å². The van der Waals surface area contributed by atoms with E-state index in [0.717, 1.165) is 19.4 Å². The summed E-state index contributed by atoms with van der Waals surface area (Å²) in [6.45, 7) is 4.94. The molecule has 0 saturated carbocycles. The van der Waals surface area contributed by atoms with Gasteiger partial charge < -0.3 is 4.90 Å². The van der Waals surface area contributed by atoms with Gasteiger partial charge in [-0.2, -0.15) is 0 Å². The summed E-state index contributed by atoms with van der Waals surface area (Å²) in [5.41, 5.74) is 0.523. The van der Waals surface area contributed by atoms with Crippen molar-refractivity contribution >= 4 is 11.7 Å². The molecular formula is C16H20FNO2. The van der Waals surface area contributed by atoms with Gasteiger partial charge in [0.05, 0.1) is 0 Å². The number of amides is 1. The van der Waals surface area contributed by atoms with Gasteiger partial charge in [0.2, 0.25) is 5.91 Å². The Labute approximate surface area is 118 Å². The minimum Gasteiger partial charge on any atom is -0.342 e. The Morgan fingerprint density at radius 1 is 1.25 bits per heavy atom. The highest BCUT2D eigenvalue weighted by molar-refractivity contribution is 5.98. The summed E-state index contributed by atoms with van der Waals surface area (Å²) in [6.07, 6.45) is 1.63. The van der Waals surface area contributed by atoms with Crippen molar-refractivity contribution < 1.29 is 14.0 Å². The molecule has 1 saturated heterocycles. The zero-order chi connectivity index (χ0) is 14.7. The zero-order valence-electron chi connectivity index (χ0n) is 11.9. The number of nitrogens with zero attached hydrogens (tertiary/aromatic N) is 1. The second kappa shape index (κ2) is 6.16. The predicted molar refractivity (Wildman–Crippen MR) is 74.9 cm³/mol. The summed E-state index contributed by atoms with van der Waals surface area (Å²) in [6, 6.07) is 5.63. The van der Waals surface area contributed by atoms with Crippen molar-refractivity contribution in [2.75, 3.05) is 13.1 Å². The van der Waals surface area contributed by atoms with Gasteiger partial charge in [0.25, 0.3) is 0 Å². The number of hydrogen-bond donors (Lipinski definition) is 0. The lowest BCUT2D eigenvalue weighted by molar-refractivity contribution is -0.135. The van der Waals surface area contributed by atoms with Crippen molar-refractivity contribution in [3.63, 3.8) is 0 Å². The van der Waals surface area contributed by atoms with Gasteiger partial charge in [0.15, 0.2) is 5.78 Å². The average molecular weight is 277 g/mol. The number of piperidine rings is 1. The summed E-state index contributed by atoms with van der Waals surface area (Å²) in [5, 5.41) is 0. The van der Waals surface area contributed by atoms with E-state index in [9.17, 15) is 14.0 Å². The van der Waals surface area contributed by atoms with Crippen LogP contribution in [0.1, 0.15) is 37.0 Å². The quantitative estimate of drug-likeness (QED) is 0.797. The highest BCUT2D eigenvalue weighted by Crippen LogP contribution is 2.22. The molecule has 20 heavy (non-hydrogen) atoms. The van der Waals surface area contributed by atoms with Crippen LogP contribution >= 0.6 is 0 Å². The Morgan fingerprint density at radius 2 is 1.90 bits per heavy atom. The second-order valence-corrected chi connectivity index (χ2v) is 5.65. The Kier molecular flexibility index (Phi) is 4.53. The first-order chi connectivity index (χ1) is 9.49. The molecule has 1 fully saturated rings. The van der Waals surface area contributed by atoms with Crippen molar-refractivity contribution in [3.8, 4) is 0 Å². The van der Waals surface area contributed by atoms with Crippen LogP contribution < -0.4 is 0 Å². The monoisotopic (exact) mass is 277 g/mol. The third kappa shape index (κ3) is 3.24. The van der Waals surface area contributed by atoms with E-state index in [1.165, 1.54) is 24.3 Å². The predicted octanol–water partition coefficient (Wildman–Crippen LogP) is 2.90. The zero-order valence-corrected chi connectivity index (χ0v) is 11.9. The van der Waals surface area contributed by atoms with Crippen LogP contribution in [0.4, 0.5) is 4.39 Å². The molecule has 1 atom stereocenters. The highest BCUT2D eigenvalue weighted by atomic mass is 19.1. The van der Waals surface area contributed by atoms with Crippen LogP contribution in [0.3, 0.4) is 0 Å². The molecule has 1 aliphatic heterocycles. The molecule has 1 aromatic carbocycles. The number of rotatable bonds is 3. The minimum atomic E-state index is -0.346. The maximum atomic E-state index is 12.9. The molecule has 0 aliphatic carbocycles. The van der Waals surface area contributed by atoms with Gasteiger partial charge in [0, 0.05) is 30.5 Å².